The van der Waals surface area contributed by atoms with Gasteiger partial charge in [-0.05, 0) is 6.07 Å². The Morgan fingerprint density at radius 2 is 1.69 bits per heavy atom. The quantitative estimate of drug-likeness (QED) is 0.480. The predicted octanol–water partition coefficient (Wildman–Crippen LogP) is -0.474. The molecule has 1 N–H and O–H groups in total. The lowest BCUT2D eigenvalue weighted by atomic mass is 10.1. The molecule has 0 saturated carbocycles. The van der Waals surface area contributed by atoms with Gasteiger partial charge < -0.3 is 24.3 Å². The average Bonchev–Trinajstić information content (AvgIpc) is 2.89. The number of rotatable bonds is 6. The second-order valence-corrected chi connectivity index (χ2v) is 6.20. The second kappa shape index (κ2) is 9.28. The van der Waals surface area contributed by atoms with Crippen molar-refractivity contribution in [2.75, 3.05) is 11.9 Å². The molecule has 2 heterocycles. The maximum atomic E-state index is 12.4. The Morgan fingerprint density at radius 3 is 2.21 bits per heavy atom. The van der Waals surface area contributed by atoms with Gasteiger partial charge in [0.25, 0.3) is 0 Å². The Bertz CT molecular complexity index is 866. The van der Waals surface area contributed by atoms with Crippen LogP contribution in [0, 0.1) is 0 Å². The van der Waals surface area contributed by atoms with E-state index in [1.165, 1.54) is 26.1 Å². The van der Waals surface area contributed by atoms with E-state index in [0.29, 0.717) is 0 Å². The maximum Gasteiger partial charge on any atom is 0.351 e. The molecule has 29 heavy (non-hydrogen) atoms. The van der Waals surface area contributed by atoms with Gasteiger partial charge in [-0.1, -0.05) is 0 Å². The van der Waals surface area contributed by atoms with Crippen molar-refractivity contribution in [2.24, 2.45) is 0 Å². The van der Waals surface area contributed by atoms with Crippen molar-refractivity contribution in [3.63, 3.8) is 0 Å². The Balaban J connectivity index is 2.40. The summed E-state index contributed by atoms with van der Waals surface area (Å²) in [6, 6.07) is 1.34. The number of hydrogen-bond donors (Lipinski definition) is 1. The summed E-state index contributed by atoms with van der Waals surface area (Å²) >= 11 is 0. The van der Waals surface area contributed by atoms with Crippen LogP contribution in [-0.2, 0) is 38.1 Å². The van der Waals surface area contributed by atoms with E-state index in [1.807, 2.05) is 0 Å². The zero-order valence-corrected chi connectivity index (χ0v) is 16.2. The number of nitrogens with zero attached hydrogens (tertiary/aromatic N) is 2. The van der Waals surface area contributed by atoms with Gasteiger partial charge in [0, 0.05) is 33.9 Å². The molecule has 0 spiro atoms. The number of nitrogens with one attached hydrogen (secondary N) is 1. The molecule has 158 valence electrons. The zero-order chi connectivity index (χ0) is 21.7. The minimum absolute atomic E-state index is 0.0220. The van der Waals surface area contributed by atoms with Crippen molar-refractivity contribution in [1.82, 2.24) is 9.55 Å². The van der Waals surface area contributed by atoms with Gasteiger partial charge in [-0.2, -0.15) is 4.98 Å². The molecule has 4 atom stereocenters. The molecule has 0 unspecified atom stereocenters. The van der Waals surface area contributed by atoms with Gasteiger partial charge in [0.05, 0.1) is 0 Å². The molecule has 1 fully saturated rings. The van der Waals surface area contributed by atoms with E-state index in [9.17, 15) is 24.0 Å². The monoisotopic (exact) mass is 411 g/mol. The van der Waals surface area contributed by atoms with Gasteiger partial charge >= 0.3 is 23.6 Å². The van der Waals surface area contributed by atoms with E-state index in [1.54, 1.807) is 0 Å². The first-order valence-corrected chi connectivity index (χ1v) is 8.58. The first kappa shape index (κ1) is 22.0. The predicted molar refractivity (Wildman–Crippen MR) is 94.5 cm³/mol. The molecule has 0 aromatic carbocycles. The number of carbonyl (C=O) groups excluding carboxylic acids is 4. The van der Waals surface area contributed by atoms with Crippen LogP contribution in [-0.4, -0.2) is 58.3 Å². The van der Waals surface area contributed by atoms with Crippen molar-refractivity contribution < 1.29 is 38.1 Å². The maximum absolute atomic E-state index is 12.4. The lowest BCUT2D eigenvalue weighted by Crippen LogP contribution is -2.41. The van der Waals surface area contributed by atoms with Gasteiger partial charge in [-0.25, -0.2) is 4.79 Å². The number of esters is 3. The molecule has 1 aromatic heterocycles. The van der Waals surface area contributed by atoms with Crippen LogP contribution in [0.5, 0.6) is 0 Å². The fourth-order valence-electron chi connectivity index (χ4n) is 2.77. The van der Waals surface area contributed by atoms with E-state index < -0.39 is 54.0 Å². The Labute approximate surface area is 165 Å². The third-order valence-corrected chi connectivity index (χ3v) is 3.75. The lowest BCUT2D eigenvalue weighted by Gasteiger charge is -2.23. The first-order valence-electron chi connectivity index (χ1n) is 8.58. The third kappa shape index (κ3) is 5.85. The summed E-state index contributed by atoms with van der Waals surface area (Å²) in [5.74, 6) is -2.38. The van der Waals surface area contributed by atoms with E-state index >= 15 is 0 Å². The average molecular weight is 411 g/mol. The molecular weight excluding hydrogens is 390 g/mol. The normalized spacial score (nSPS) is 23.2. The standard InChI is InChI=1S/C17H21N3O9/c1-8(21)18-13-5-6-20(17(25)19-13)16-15(28-11(4)24)14(27-10(3)23)12(29-16)7-26-9(2)22/h5-6,12,14-16H,7H2,1-4H3,(H,18,19,21,25)/t12-,14+,15-,16+/m0/s1. The Hall–Kier alpha value is -3.28. The highest BCUT2D eigenvalue weighted by atomic mass is 16.7. The van der Waals surface area contributed by atoms with E-state index in [0.717, 1.165) is 18.4 Å². The summed E-state index contributed by atoms with van der Waals surface area (Å²) < 4.78 is 22.1. The summed E-state index contributed by atoms with van der Waals surface area (Å²) in [5, 5.41) is 2.37. The summed E-state index contributed by atoms with van der Waals surface area (Å²) in [5.41, 5.74) is -0.812. The highest BCUT2D eigenvalue weighted by molar-refractivity contribution is 5.87. The highest BCUT2D eigenvalue weighted by Gasteiger charge is 2.50. The van der Waals surface area contributed by atoms with E-state index in [2.05, 4.69) is 10.3 Å². The van der Waals surface area contributed by atoms with Gasteiger partial charge in [0.15, 0.2) is 18.4 Å². The number of amides is 1. The molecule has 1 aromatic rings. The molecule has 2 rings (SSSR count). The molecule has 0 bridgehead atoms. The molecular formula is C17H21N3O9. The molecule has 12 heteroatoms. The van der Waals surface area contributed by atoms with Gasteiger partial charge in [-0.3, -0.25) is 23.7 Å². The molecule has 1 aliphatic heterocycles. The fourth-order valence-corrected chi connectivity index (χ4v) is 2.77. The second-order valence-electron chi connectivity index (χ2n) is 6.20. The first-order chi connectivity index (χ1) is 13.6. The third-order valence-electron chi connectivity index (χ3n) is 3.75. The summed E-state index contributed by atoms with van der Waals surface area (Å²) in [4.78, 5) is 61.5. The van der Waals surface area contributed by atoms with Crippen LogP contribution in [0.4, 0.5) is 5.82 Å². The minimum atomic E-state index is -1.21. The number of hydrogen-bond acceptors (Lipinski definition) is 10. The SMILES string of the molecule is CC(=O)Nc1ccn([C@@H]2O[C@@H](COC(C)=O)[C@@H](OC(C)=O)[C@@H]2OC(C)=O)c(=O)n1. The van der Waals surface area contributed by atoms with Crippen molar-refractivity contribution in [3.8, 4) is 0 Å². The number of aromatic nitrogens is 2. The summed E-state index contributed by atoms with van der Waals surface area (Å²) in [7, 11) is 0. The van der Waals surface area contributed by atoms with Crippen LogP contribution in [0.15, 0.2) is 17.1 Å². The smallest absolute Gasteiger partial charge is 0.351 e. The van der Waals surface area contributed by atoms with Crippen LogP contribution in [0.2, 0.25) is 0 Å². The van der Waals surface area contributed by atoms with E-state index in [-0.39, 0.29) is 12.4 Å². The van der Waals surface area contributed by atoms with Crippen molar-refractivity contribution >= 4 is 29.6 Å². The molecule has 1 amide bonds. The van der Waals surface area contributed by atoms with Crippen molar-refractivity contribution in [2.45, 2.75) is 52.2 Å². The molecule has 1 aliphatic rings. The molecule has 12 nitrogen and oxygen atoms in total. The topological polar surface area (TPSA) is 152 Å². The lowest BCUT2D eigenvalue weighted by molar-refractivity contribution is -0.166. The molecule has 0 aliphatic carbocycles. The number of anilines is 1. The van der Waals surface area contributed by atoms with Gasteiger partial charge in [0.1, 0.15) is 18.5 Å². The van der Waals surface area contributed by atoms with E-state index in [4.69, 9.17) is 18.9 Å². The van der Waals surface area contributed by atoms with Crippen LogP contribution in [0.1, 0.15) is 33.9 Å². The van der Waals surface area contributed by atoms with Crippen LogP contribution in [0.25, 0.3) is 0 Å². The van der Waals surface area contributed by atoms with Crippen LogP contribution in [0.3, 0.4) is 0 Å². The van der Waals surface area contributed by atoms with Crippen LogP contribution >= 0.6 is 0 Å². The summed E-state index contributed by atoms with van der Waals surface area (Å²) in [6.07, 6.45) is -3.28. The summed E-state index contributed by atoms with van der Waals surface area (Å²) in [6.45, 7) is 4.44. The van der Waals surface area contributed by atoms with Gasteiger partial charge in [0.2, 0.25) is 5.91 Å². The Kier molecular flexibility index (Phi) is 7.04. The highest BCUT2D eigenvalue weighted by Crippen LogP contribution is 2.33. The molecule has 0 radical (unpaired) electrons. The Morgan fingerprint density at radius 1 is 1.07 bits per heavy atom. The number of carbonyl (C=O) groups is 4. The van der Waals surface area contributed by atoms with Crippen molar-refractivity contribution in [3.05, 3.63) is 22.7 Å². The largest absolute Gasteiger partial charge is 0.463 e. The zero-order valence-electron chi connectivity index (χ0n) is 16.2. The number of ether oxygens (including phenoxy) is 4. The van der Waals surface area contributed by atoms with Crippen molar-refractivity contribution in [1.29, 1.82) is 0 Å². The minimum Gasteiger partial charge on any atom is -0.463 e. The molecule has 1 saturated heterocycles. The van der Waals surface area contributed by atoms with Crippen LogP contribution < -0.4 is 11.0 Å². The fraction of sp³-hybridized carbons (Fsp3) is 0.529. The van der Waals surface area contributed by atoms with Gasteiger partial charge in [-0.15, -0.1) is 0 Å².